The third-order valence-corrected chi connectivity index (χ3v) is 0. The summed E-state index contributed by atoms with van der Waals surface area (Å²) in [5.74, 6) is 0. The SMILES string of the molecule is O=S(=O)([O-])[O-].O=S(=O)([O-])[O-].O=S(=O)([O-])[O-].O=S(=O)([O-])[O-].O=S(=O)([O-])[O-].O=S(=O)([O-])[O-].[Cu+2].[Cu+2].[Cu+2].[Cu+2].[Sn+4]. The fraction of sp³-hybridized carbons (Fsp3) is 0. The molecule has 0 aliphatic rings. The molecule has 0 heterocycles. The largest absolute Gasteiger partial charge is 4.00 e. The van der Waals surface area contributed by atoms with Crippen LogP contribution in [0, 0.1) is 0 Å². The van der Waals surface area contributed by atoms with Gasteiger partial charge in [0, 0.05) is 62.4 Å². The second-order valence-electron chi connectivity index (χ2n) is 2.45. The van der Waals surface area contributed by atoms with E-state index in [4.69, 9.17) is 105 Å². The van der Waals surface area contributed by atoms with Gasteiger partial charge < -0.3 is 54.6 Å². The standard InChI is InChI=1S/4Cu.6H2O4S.Sn/c;;;;6*1-5(2,3)4;/h;;;;6*(H2,1,2,3,4);/q4*+2;;;;;;;+4/p-12. The molecule has 0 N–H and O–H groups in total. The maximum absolute atomic E-state index is 8.52. The molecule has 0 spiro atoms. The van der Waals surface area contributed by atoms with Crippen molar-refractivity contribution in [1.82, 2.24) is 0 Å². The zero-order valence-corrected chi connectivity index (χ0v) is 25.5. The summed E-state index contributed by atoms with van der Waals surface area (Å²) in [6.45, 7) is 0. The van der Waals surface area contributed by atoms with Crippen molar-refractivity contribution in [2.24, 2.45) is 0 Å². The molecule has 0 unspecified atom stereocenters. The van der Waals surface area contributed by atoms with Crippen LogP contribution in [0.4, 0.5) is 0 Å². The molecule has 0 atom stereocenters. The Morgan fingerprint density at radius 3 is 0.229 bits per heavy atom. The molecule has 0 saturated heterocycles. The minimum Gasteiger partial charge on any atom is -0.759 e. The van der Waals surface area contributed by atoms with Crippen LogP contribution in [0.3, 0.4) is 0 Å². The zero-order chi connectivity index (χ0) is 27.0. The molecule has 0 aromatic heterocycles. The van der Waals surface area contributed by atoms with Crippen molar-refractivity contribution in [3.05, 3.63) is 0 Å². The van der Waals surface area contributed by atoms with E-state index in [1.807, 2.05) is 0 Å². The smallest absolute Gasteiger partial charge is 0.759 e. The summed E-state index contributed by atoms with van der Waals surface area (Å²) in [7, 11) is -31.0. The molecule has 0 aromatic rings. The molecule has 0 saturated carbocycles. The maximum atomic E-state index is 8.52. The molecule has 35 heteroatoms. The van der Waals surface area contributed by atoms with Crippen molar-refractivity contribution in [2.75, 3.05) is 0 Å². The van der Waals surface area contributed by atoms with Crippen LogP contribution >= 0.6 is 0 Å². The summed E-state index contributed by atoms with van der Waals surface area (Å²) in [6.07, 6.45) is 0. The van der Waals surface area contributed by atoms with Crippen molar-refractivity contribution >= 4 is 86.3 Å². The Kier molecular flexibility index (Phi) is 62.1. The minimum absolute atomic E-state index is 0. The van der Waals surface area contributed by atoms with Crippen molar-refractivity contribution in [3.63, 3.8) is 0 Å². The predicted molar refractivity (Wildman–Crippen MR) is 68.6 cm³/mol. The van der Waals surface area contributed by atoms with E-state index in [1.165, 1.54) is 0 Å². The average molecular weight is 949 g/mol. The third kappa shape index (κ3) is 9550. The summed E-state index contributed by atoms with van der Waals surface area (Å²) in [4.78, 5) is 0. The zero-order valence-electron chi connectivity index (χ0n) is 14.0. The van der Waals surface area contributed by atoms with Gasteiger partial charge in [0.2, 0.25) is 0 Å². The van der Waals surface area contributed by atoms with E-state index in [-0.39, 0.29) is 92.2 Å². The van der Waals surface area contributed by atoms with Gasteiger partial charge in [-0.25, -0.2) is 0 Å². The van der Waals surface area contributed by atoms with Crippen LogP contribution in [0.2, 0.25) is 0 Å². The van der Waals surface area contributed by atoms with E-state index in [2.05, 4.69) is 0 Å². The first-order valence-electron chi connectivity index (χ1n) is 4.00. The Morgan fingerprint density at radius 1 is 0.229 bits per heavy atom. The molecule has 4 radical (unpaired) electrons. The van der Waals surface area contributed by atoms with E-state index >= 15 is 0 Å². The van der Waals surface area contributed by atoms with Gasteiger partial charge in [0.25, 0.3) is 0 Å². The van der Waals surface area contributed by atoms with Crippen molar-refractivity contribution in [1.29, 1.82) is 0 Å². The van der Waals surface area contributed by atoms with E-state index in [1.54, 1.807) is 0 Å². The Balaban J connectivity index is -0.0000000213. The Labute approximate surface area is 257 Å². The number of rotatable bonds is 0. The van der Waals surface area contributed by atoms with Gasteiger partial charge in [-0.05, 0) is 0 Å². The average Bonchev–Trinajstić information content (AvgIpc) is 1.94. The van der Waals surface area contributed by atoms with Gasteiger partial charge in [-0.2, -0.15) is 0 Å². The second kappa shape index (κ2) is 30.6. The molecular formula is Cu4O24S6Sn. The molecule has 0 bridgehead atoms. The van der Waals surface area contributed by atoms with Crippen LogP contribution in [-0.2, 0) is 131 Å². The topological polar surface area (TPSA) is 482 Å². The molecule has 0 aromatic carbocycles. The second-order valence-corrected chi connectivity index (χ2v) is 7.35. The fourth-order valence-electron chi connectivity index (χ4n) is 0. The van der Waals surface area contributed by atoms with Gasteiger partial charge >= 0.3 is 92.2 Å². The summed E-state index contributed by atoms with van der Waals surface area (Å²) in [6, 6.07) is 0. The quantitative estimate of drug-likeness (QED) is 0.124. The van der Waals surface area contributed by atoms with Gasteiger partial charge in [0.1, 0.15) is 0 Å². The monoisotopic (exact) mass is 947 g/mol. The van der Waals surface area contributed by atoms with Crippen molar-refractivity contribution < 1.29 is 173 Å². The summed E-state index contributed by atoms with van der Waals surface area (Å²) in [5, 5.41) is 0. The summed E-state index contributed by atoms with van der Waals surface area (Å²) >= 11 is 0. The Bertz CT molecular complexity index is 778. The predicted octanol–water partition coefficient (Wildman–Crippen LogP) is -8.42. The Hall–Kier alpha value is 2.10. The number of hydrogen-bond acceptors (Lipinski definition) is 24. The maximum Gasteiger partial charge on any atom is 4.00 e. The first-order valence-corrected chi connectivity index (χ1v) is 12.0. The molecule has 0 fully saturated rings. The van der Waals surface area contributed by atoms with Crippen LogP contribution < -0.4 is 0 Å². The van der Waals surface area contributed by atoms with E-state index in [0.29, 0.717) is 0 Å². The summed E-state index contributed by atoms with van der Waals surface area (Å²) in [5.41, 5.74) is 0. The molecule has 35 heavy (non-hydrogen) atoms. The molecule has 24 nitrogen and oxygen atoms in total. The van der Waals surface area contributed by atoms with Gasteiger partial charge in [-0.15, -0.1) is 0 Å². The summed E-state index contributed by atoms with van der Waals surface area (Å²) < 4.78 is 205. The normalized spacial score (nSPS) is 9.94. The van der Waals surface area contributed by atoms with Crippen molar-refractivity contribution in [3.8, 4) is 0 Å². The molecule has 228 valence electrons. The van der Waals surface area contributed by atoms with Crippen LogP contribution in [0.1, 0.15) is 0 Å². The van der Waals surface area contributed by atoms with Gasteiger partial charge in [-0.1, -0.05) is 0 Å². The first-order chi connectivity index (χ1) is 12.0. The number of hydrogen-bond donors (Lipinski definition) is 0. The van der Waals surface area contributed by atoms with E-state index < -0.39 is 62.4 Å². The van der Waals surface area contributed by atoms with E-state index in [9.17, 15) is 0 Å². The van der Waals surface area contributed by atoms with Crippen LogP contribution in [0.5, 0.6) is 0 Å². The van der Waals surface area contributed by atoms with Gasteiger partial charge in [0.15, 0.2) is 0 Å². The van der Waals surface area contributed by atoms with Crippen LogP contribution in [0.25, 0.3) is 0 Å². The third-order valence-electron chi connectivity index (χ3n) is 0. The van der Waals surface area contributed by atoms with Crippen molar-refractivity contribution in [2.45, 2.75) is 0 Å². The van der Waals surface area contributed by atoms with Gasteiger partial charge in [-0.3, -0.25) is 50.5 Å². The van der Waals surface area contributed by atoms with E-state index in [0.717, 1.165) is 0 Å². The molecule has 0 amide bonds. The van der Waals surface area contributed by atoms with Crippen LogP contribution in [-0.4, -0.2) is 129 Å². The van der Waals surface area contributed by atoms with Gasteiger partial charge in [0.05, 0.1) is 0 Å². The minimum atomic E-state index is -5.17. The molecular weight excluding hydrogens is 949 g/mol. The molecule has 0 aliphatic carbocycles. The first kappa shape index (κ1) is 71.0. The fourth-order valence-corrected chi connectivity index (χ4v) is 0. The van der Waals surface area contributed by atoms with Crippen LogP contribution in [0.15, 0.2) is 0 Å². The Morgan fingerprint density at radius 2 is 0.229 bits per heavy atom. The molecule has 0 rings (SSSR count). The molecule has 0 aliphatic heterocycles.